The molecule has 1 aliphatic rings. The van der Waals surface area contributed by atoms with Gasteiger partial charge in [0.2, 0.25) is 0 Å². The first-order valence-electron chi connectivity index (χ1n) is 15.2. The first-order valence-corrected chi connectivity index (χ1v) is 15.2. The lowest BCUT2D eigenvalue weighted by Crippen LogP contribution is -2.56. The molecule has 46 heavy (non-hydrogen) atoms. The van der Waals surface area contributed by atoms with E-state index in [4.69, 9.17) is 18.9 Å². The lowest BCUT2D eigenvalue weighted by Gasteiger charge is -2.51. The molecule has 0 bridgehead atoms. The first kappa shape index (κ1) is 30.4. The van der Waals surface area contributed by atoms with Crippen molar-refractivity contribution in [3.8, 4) is 23.0 Å². The van der Waals surface area contributed by atoms with Crippen LogP contribution in [0.4, 0.5) is 22.7 Å². The van der Waals surface area contributed by atoms with Crippen LogP contribution in [0, 0.1) is 0 Å². The van der Waals surface area contributed by atoms with E-state index in [1.807, 2.05) is 54.6 Å². The van der Waals surface area contributed by atoms with E-state index in [0.717, 1.165) is 22.7 Å². The molecule has 1 aliphatic carbocycles. The second-order valence-electron chi connectivity index (χ2n) is 10.9. The Labute approximate surface area is 271 Å². The van der Waals surface area contributed by atoms with Crippen molar-refractivity contribution in [1.29, 1.82) is 0 Å². The zero-order chi connectivity index (χ0) is 31.9. The standard InChI is InChI=1S/C40H38N2O4/c1-43-36-24-34(25-37(28-36)44-2)41(32-16-10-6-11-17-32)40(22-20-31(21-23-40)30-14-8-5-9-15-30)42(33-18-12-7-13-19-33)35-26-38(45-3)29-39(27-35)46-4/h5-29,31H,1-4H3. The molecule has 0 amide bonds. The summed E-state index contributed by atoms with van der Waals surface area (Å²) in [4.78, 5) is 4.62. The highest BCUT2D eigenvalue weighted by molar-refractivity contribution is 5.80. The Morgan fingerprint density at radius 2 is 0.783 bits per heavy atom. The Kier molecular flexibility index (Phi) is 8.97. The van der Waals surface area contributed by atoms with Crippen LogP contribution in [0.25, 0.3) is 0 Å². The van der Waals surface area contributed by atoms with Crippen molar-refractivity contribution in [1.82, 2.24) is 0 Å². The minimum absolute atomic E-state index is 0.0873. The Balaban J connectivity index is 1.68. The molecule has 6 rings (SSSR count). The molecule has 6 nitrogen and oxygen atoms in total. The minimum Gasteiger partial charge on any atom is -0.497 e. The molecule has 0 fully saturated rings. The van der Waals surface area contributed by atoms with Crippen LogP contribution < -0.4 is 28.7 Å². The third-order valence-electron chi connectivity index (χ3n) is 8.22. The molecule has 232 valence electrons. The van der Waals surface area contributed by atoms with Crippen molar-refractivity contribution in [2.75, 3.05) is 38.2 Å². The zero-order valence-corrected chi connectivity index (χ0v) is 26.5. The number of allylic oxidation sites excluding steroid dienone is 2. The highest BCUT2D eigenvalue weighted by Gasteiger charge is 2.43. The number of hydrogen-bond donors (Lipinski definition) is 0. The predicted molar refractivity (Wildman–Crippen MR) is 186 cm³/mol. The maximum Gasteiger partial charge on any atom is 0.160 e. The Bertz CT molecular complexity index is 1650. The van der Waals surface area contributed by atoms with Crippen LogP contribution in [-0.2, 0) is 0 Å². The van der Waals surface area contributed by atoms with Crippen LogP contribution >= 0.6 is 0 Å². The van der Waals surface area contributed by atoms with Gasteiger partial charge < -0.3 is 28.7 Å². The van der Waals surface area contributed by atoms with Crippen LogP contribution in [0.3, 0.4) is 0 Å². The van der Waals surface area contributed by atoms with Crippen LogP contribution in [0.15, 0.2) is 152 Å². The second kappa shape index (κ2) is 13.6. The lowest BCUT2D eigenvalue weighted by molar-refractivity contribution is 0.394. The van der Waals surface area contributed by atoms with Gasteiger partial charge in [-0.2, -0.15) is 0 Å². The molecule has 0 unspecified atom stereocenters. The highest BCUT2D eigenvalue weighted by atomic mass is 16.5. The van der Waals surface area contributed by atoms with Gasteiger partial charge in [0, 0.05) is 53.7 Å². The summed E-state index contributed by atoms with van der Waals surface area (Å²) in [5.41, 5.74) is 4.01. The topological polar surface area (TPSA) is 43.4 Å². The third kappa shape index (κ3) is 6.02. The highest BCUT2D eigenvalue weighted by Crippen LogP contribution is 2.48. The molecule has 0 radical (unpaired) electrons. The molecule has 0 N–H and O–H groups in total. The van der Waals surface area contributed by atoms with Gasteiger partial charge in [0.1, 0.15) is 23.0 Å². The van der Waals surface area contributed by atoms with E-state index < -0.39 is 5.66 Å². The van der Waals surface area contributed by atoms with Gasteiger partial charge in [0.05, 0.1) is 39.8 Å². The maximum atomic E-state index is 5.78. The SMILES string of the molecule is COc1cc(OC)cc(N(c2ccccc2)C2(N(c3ccccc3)c3cc(OC)cc(OC)c3)C=CC(c3ccccc3)C=C2)c1. The summed E-state index contributed by atoms with van der Waals surface area (Å²) >= 11 is 0. The van der Waals surface area contributed by atoms with E-state index in [1.54, 1.807) is 28.4 Å². The molecule has 0 atom stereocenters. The van der Waals surface area contributed by atoms with E-state index in [1.165, 1.54) is 5.56 Å². The summed E-state index contributed by atoms with van der Waals surface area (Å²) < 4.78 is 23.1. The molecule has 0 aliphatic heterocycles. The quantitative estimate of drug-likeness (QED) is 0.110. The number of hydrogen-bond acceptors (Lipinski definition) is 6. The summed E-state index contributed by atoms with van der Waals surface area (Å²) in [7, 11) is 6.69. The van der Waals surface area contributed by atoms with Crippen LogP contribution in [0.5, 0.6) is 23.0 Å². The van der Waals surface area contributed by atoms with Crippen molar-refractivity contribution in [2.24, 2.45) is 0 Å². The van der Waals surface area contributed by atoms with Crippen molar-refractivity contribution in [3.05, 3.63) is 157 Å². The summed E-state index contributed by atoms with van der Waals surface area (Å²) in [5, 5.41) is 0. The third-order valence-corrected chi connectivity index (χ3v) is 8.22. The van der Waals surface area contributed by atoms with E-state index in [2.05, 4.69) is 107 Å². The van der Waals surface area contributed by atoms with E-state index >= 15 is 0 Å². The molecule has 6 heteroatoms. The smallest absolute Gasteiger partial charge is 0.160 e. The van der Waals surface area contributed by atoms with Gasteiger partial charge in [0.15, 0.2) is 5.66 Å². The zero-order valence-electron chi connectivity index (χ0n) is 26.5. The Morgan fingerprint density at radius 1 is 0.435 bits per heavy atom. The predicted octanol–water partition coefficient (Wildman–Crippen LogP) is 9.30. The molecule has 5 aromatic rings. The number of ether oxygens (including phenoxy) is 4. The van der Waals surface area contributed by atoms with E-state index in [9.17, 15) is 0 Å². The van der Waals surface area contributed by atoms with E-state index in [-0.39, 0.29) is 5.92 Å². The number of anilines is 4. The largest absolute Gasteiger partial charge is 0.497 e. The molecule has 5 aromatic carbocycles. The molecule has 0 heterocycles. The summed E-state index contributed by atoms with van der Waals surface area (Å²) in [5.74, 6) is 2.83. The average molecular weight is 611 g/mol. The van der Waals surface area contributed by atoms with Gasteiger partial charge in [0.25, 0.3) is 0 Å². The van der Waals surface area contributed by atoms with Gasteiger partial charge in [-0.05, 0) is 42.0 Å². The molecular weight excluding hydrogens is 572 g/mol. The van der Waals surface area contributed by atoms with Crippen LogP contribution in [0.1, 0.15) is 11.5 Å². The number of rotatable bonds is 11. The van der Waals surface area contributed by atoms with Crippen molar-refractivity contribution in [2.45, 2.75) is 11.6 Å². The maximum absolute atomic E-state index is 5.78. The fourth-order valence-electron chi connectivity index (χ4n) is 6.03. The Hall–Kier alpha value is -5.62. The fourth-order valence-corrected chi connectivity index (χ4v) is 6.03. The van der Waals surface area contributed by atoms with E-state index in [0.29, 0.717) is 23.0 Å². The number of nitrogens with zero attached hydrogens (tertiary/aromatic N) is 2. The van der Waals surface area contributed by atoms with Gasteiger partial charge >= 0.3 is 0 Å². The van der Waals surface area contributed by atoms with Crippen molar-refractivity contribution >= 4 is 22.7 Å². The number of para-hydroxylation sites is 2. The normalized spacial score (nSPS) is 13.6. The molecule has 0 saturated carbocycles. The van der Waals surface area contributed by atoms with Crippen LogP contribution in [0.2, 0.25) is 0 Å². The van der Waals surface area contributed by atoms with Crippen LogP contribution in [-0.4, -0.2) is 34.1 Å². The lowest BCUT2D eigenvalue weighted by atomic mass is 9.87. The van der Waals surface area contributed by atoms with Crippen molar-refractivity contribution < 1.29 is 18.9 Å². The summed E-state index contributed by atoms with van der Waals surface area (Å²) in [6.45, 7) is 0. The molecule has 0 saturated heterocycles. The average Bonchev–Trinajstić information content (AvgIpc) is 3.13. The molecular formula is C40H38N2O4. The first-order chi connectivity index (χ1) is 22.6. The van der Waals surface area contributed by atoms with Crippen molar-refractivity contribution in [3.63, 3.8) is 0 Å². The van der Waals surface area contributed by atoms with Gasteiger partial charge in [-0.15, -0.1) is 0 Å². The number of benzene rings is 5. The van der Waals surface area contributed by atoms with Gasteiger partial charge in [-0.25, -0.2) is 0 Å². The molecule has 0 spiro atoms. The summed E-state index contributed by atoms with van der Waals surface area (Å²) in [6, 6.07) is 43.2. The summed E-state index contributed by atoms with van der Waals surface area (Å²) in [6.07, 6.45) is 9.11. The van der Waals surface area contributed by atoms with Gasteiger partial charge in [-0.3, -0.25) is 0 Å². The molecule has 0 aromatic heterocycles. The Morgan fingerprint density at radius 3 is 1.13 bits per heavy atom. The fraction of sp³-hybridized carbons (Fsp3) is 0.150. The van der Waals surface area contributed by atoms with Gasteiger partial charge in [-0.1, -0.05) is 78.9 Å². The monoisotopic (exact) mass is 610 g/mol. The second-order valence-corrected chi connectivity index (χ2v) is 10.9. The number of methoxy groups -OCH3 is 4. The minimum atomic E-state index is -0.914.